The van der Waals surface area contributed by atoms with Crippen molar-refractivity contribution in [2.24, 2.45) is 16.6 Å². The highest BCUT2D eigenvalue weighted by Gasteiger charge is 2.17. The lowest BCUT2D eigenvalue weighted by Gasteiger charge is -2.31. The highest BCUT2D eigenvalue weighted by Crippen LogP contribution is 2.14. The van der Waals surface area contributed by atoms with Crippen LogP contribution in [0.3, 0.4) is 0 Å². The Bertz CT molecular complexity index is 265. The number of nitrogens with zero attached hydrogens (tertiary/aromatic N) is 2. The number of aliphatic imine (C=N–C) groups is 1. The minimum atomic E-state index is 0.715. The normalized spacial score (nSPS) is 21.9. The van der Waals surface area contributed by atoms with Crippen molar-refractivity contribution in [2.75, 3.05) is 19.6 Å². The molecule has 0 aromatic rings. The SMILES string of the molecule is C#CCCCCN=C(N)N1CCCC(C)C1. The lowest BCUT2D eigenvalue weighted by atomic mass is 10.0. The Kier molecular flexibility index (Phi) is 5.77. The Morgan fingerprint density at radius 3 is 3.06 bits per heavy atom. The molecule has 90 valence electrons. The summed E-state index contributed by atoms with van der Waals surface area (Å²) in [6, 6.07) is 0. The summed E-state index contributed by atoms with van der Waals surface area (Å²) in [5.74, 6) is 4.09. The Hall–Kier alpha value is -1.17. The molecule has 0 amide bonds. The van der Waals surface area contributed by atoms with E-state index >= 15 is 0 Å². The van der Waals surface area contributed by atoms with E-state index in [1.165, 1.54) is 12.8 Å². The van der Waals surface area contributed by atoms with E-state index in [0.717, 1.165) is 44.8 Å². The van der Waals surface area contributed by atoms with Gasteiger partial charge in [0.25, 0.3) is 0 Å². The van der Waals surface area contributed by atoms with Crippen molar-refractivity contribution in [3.05, 3.63) is 0 Å². The van der Waals surface area contributed by atoms with Crippen LogP contribution in [-0.2, 0) is 0 Å². The number of hydrogen-bond donors (Lipinski definition) is 1. The summed E-state index contributed by atoms with van der Waals surface area (Å²) in [5.41, 5.74) is 5.96. The van der Waals surface area contributed by atoms with Crippen LogP contribution in [0.1, 0.15) is 39.0 Å². The van der Waals surface area contributed by atoms with E-state index in [9.17, 15) is 0 Å². The molecule has 2 N–H and O–H groups in total. The number of rotatable bonds is 4. The van der Waals surface area contributed by atoms with Crippen LogP contribution >= 0.6 is 0 Å². The minimum absolute atomic E-state index is 0.715. The zero-order valence-electron chi connectivity index (χ0n) is 10.3. The van der Waals surface area contributed by atoms with Crippen molar-refractivity contribution >= 4 is 5.96 Å². The van der Waals surface area contributed by atoms with Crippen LogP contribution in [-0.4, -0.2) is 30.5 Å². The summed E-state index contributed by atoms with van der Waals surface area (Å²) in [5, 5.41) is 0. The Labute approximate surface area is 99.1 Å². The molecule has 0 radical (unpaired) electrons. The van der Waals surface area contributed by atoms with Crippen LogP contribution in [0, 0.1) is 18.3 Å². The van der Waals surface area contributed by atoms with Crippen molar-refractivity contribution < 1.29 is 0 Å². The number of nitrogens with two attached hydrogens (primary N) is 1. The molecule has 1 fully saturated rings. The van der Waals surface area contributed by atoms with Crippen LogP contribution in [0.4, 0.5) is 0 Å². The Morgan fingerprint density at radius 1 is 1.56 bits per heavy atom. The van der Waals surface area contributed by atoms with E-state index in [1.807, 2.05) is 0 Å². The van der Waals surface area contributed by atoms with Crippen molar-refractivity contribution in [2.45, 2.75) is 39.0 Å². The average Bonchev–Trinajstić information content (AvgIpc) is 2.28. The first-order valence-corrected chi connectivity index (χ1v) is 6.22. The molecular weight excluding hydrogens is 198 g/mol. The minimum Gasteiger partial charge on any atom is -0.370 e. The first kappa shape index (κ1) is 12.9. The van der Waals surface area contributed by atoms with Gasteiger partial charge >= 0.3 is 0 Å². The summed E-state index contributed by atoms with van der Waals surface area (Å²) in [4.78, 5) is 6.61. The van der Waals surface area contributed by atoms with Crippen molar-refractivity contribution in [3.63, 3.8) is 0 Å². The molecule has 1 aliphatic rings. The largest absolute Gasteiger partial charge is 0.370 e. The zero-order valence-corrected chi connectivity index (χ0v) is 10.3. The van der Waals surface area contributed by atoms with Gasteiger partial charge in [0, 0.05) is 26.1 Å². The third kappa shape index (κ3) is 4.57. The number of guanidine groups is 1. The summed E-state index contributed by atoms with van der Waals surface area (Å²) < 4.78 is 0. The highest BCUT2D eigenvalue weighted by molar-refractivity contribution is 5.78. The molecule has 3 nitrogen and oxygen atoms in total. The standard InChI is InChI=1S/C13H23N3/c1-3-4-5-6-9-15-13(14)16-10-7-8-12(2)11-16/h1,12H,4-11H2,2H3,(H2,14,15). The van der Waals surface area contributed by atoms with Crippen molar-refractivity contribution in [3.8, 4) is 12.3 Å². The van der Waals surface area contributed by atoms with Gasteiger partial charge in [-0.3, -0.25) is 4.99 Å². The molecule has 16 heavy (non-hydrogen) atoms. The summed E-state index contributed by atoms with van der Waals surface area (Å²) >= 11 is 0. The molecule has 0 aromatic heterocycles. The second-order valence-corrected chi connectivity index (χ2v) is 4.59. The molecule has 0 bridgehead atoms. The maximum absolute atomic E-state index is 5.96. The van der Waals surface area contributed by atoms with E-state index in [1.54, 1.807) is 0 Å². The molecule has 0 saturated carbocycles. The fraction of sp³-hybridized carbons (Fsp3) is 0.769. The van der Waals surface area contributed by atoms with E-state index in [2.05, 4.69) is 22.7 Å². The van der Waals surface area contributed by atoms with E-state index in [-0.39, 0.29) is 0 Å². The van der Waals surface area contributed by atoms with Gasteiger partial charge in [0.05, 0.1) is 0 Å². The smallest absolute Gasteiger partial charge is 0.191 e. The van der Waals surface area contributed by atoms with Gasteiger partial charge in [-0.1, -0.05) is 6.92 Å². The third-order valence-electron chi connectivity index (χ3n) is 2.98. The van der Waals surface area contributed by atoms with Gasteiger partial charge < -0.3 is 10.6 Å². The number of terminal acetylenes is 1. The monoisotopic (exact) mass is 221 g/mol. The number of unbranched alkanes of at least 4 members (excludes halogenated alkanes) is 2. The second-order valence-electron chi connectivity index (χ2n) is 4.59. The zero-order chi connectivity index (χ0) is 11.8. The van der Waals surface area contributed by atoms with Gasteiger partial charge in [-0.2, -0.15) is 0 Å². The van der Waals surface area contributed by atoms with Crippen LogP contribution < -0.4 is 5.73 Å². The summed E-state index contributed by atoms with van der Waals surface area (Å²) in [7, 11) is 0. The van der Waals surface area contributed by atoms with Crippen molar-refractivity contribution in [1.82, 2.24) is 4.90 Å². The molecule has 3 heteroatoms. The van der Waals surface area contributed by atoms with Gasteiger partial charge in [0.1, 0.15) is 0 Å². The third-order valence-corrected chi connectivity index (χ3v) is 2.98. The second kappa shape index (κ2) is 7.16. The van der Waals surface area contributed by atoms with Gasteiger partial charge in [-0.25, -0.2) is 0 Å². The lowest BCUT2D eigenvalue weighted by molar-refractivity contribution is 0.270. The average molecular weight is 221 g/mol. The fourth-order valence-electron chi connectivity index (χ4n) is 2.03. The molecule has 1 saturated heterocycles. The van der Waals surface area contributed by atoms with Crippen LogP contribution in [0.15, 0.2) is 4.99 Å². The van der Waals surface area contributed by atoms with Crippen LogP contribution in [0.5, 0.6) is 0 Å². The molecule has 0 aliphatic carbocycles. The quantitative estimate of drug-likeness (QED) is 0.340. The number of hydrogen-bond acceptors (Lipinski definition) is 1. The Balaban J connectivity index is 2.24. The predicted molar refractivity (Wildman–Crippen MR) is 69.1 cm³/mol. The van der Waals surface area contributed by atoms with Crippen LogP contribution in [0.2, 0.25) is 0 Å². The first-order chi connectivity index (χ1) is 7.74. The molecular formula is C13H23N3. The summed E-state index contributed by atoms with van der Waals surface area (Å²) in [6.45, 7) is 5.19. The molecule has 1 atom stereocenters. The van der Waals surface area contributed by atoms with Gasteiger partial charge in [0.2, 0.25) is 0 Å². The molecule has 1 aliphatic heterocycles. The fourth-order valence-corrected chi connectivity index (χ4v) is 2.03. The van der Waals surface area contributed by atoms with E-state index in [0.29, 0.717) is 5.96 Å². The topological polar surface area (TPSA) is 41.6 Å². The molecule has 1 rings (SSSR count). The maximum Gasteiger partial charge on any atom is 0.191 e. The predicted octanol–water partition coefficient (Wildman–Crippen LogP) is 1.84. The van der Waals surface area contributed by atoms with E-state index < -0.39 is 0 Å². The van der Waals surface area contributed by atoms with Gasteiger partial charge in [-0.15, -0.1) is 12.3 Å². The molecule has 0 aromatic carbocycles. The van der Waals surface area contributed by atoms with Gasteiger partial charge in [0.15, 0.2) is 5.96 Å². The molecule has 1 unspecified atom stereocenters. The maximum atomic E-state index is 5.96. The van der Waals surface area contributed by atoms with Crippen molar-refractivity contribution in [1.29, 1.82) is 0 Å². The Morgan fingerprint density at radius 2 is 2.38 bits per heavy atom. The lowest BCUT2D eigenvalue weighted by Crippen LogP contribution is -2.43. The molecule has 0 spiro atoms. The van der Waals surface area contributed by atoms with E-state index in [4.69, 9.17) is 12.2 Å². The highest BCUT2D eigenvalue weighted by atomic mass is 15.3. The molecule has 1 heterocycles. The van der Waals surface area contributed by atoms with Crippen LogP contribution in [0.25, 0.3) is 0 Å². The number of likely N-dealkylation sites (tertiary alicyclic amines) is 1. The first-order valence-electron chi connectivity index (χ1n) is 6.22. The number of piperidine rings is 1. The van der Waals surface area contributed by atoms with Gasteiger partial charge in [-0.05, 0) is 31.6 Å². The summed E-state index contributed by atoms with van der Waals surface area (Å²) in [6.07, 6.45) is 10.7.